The number of morpholine rings is 1. The second-order valence-electron chi connectivity index (χ2n) is 5.09. The molecule has 0 aromatic carbocycles. The average molecular weight is 360 g/mol. The van der Waals surface area contributed by atoms with Gasteiger partial charge >= 0.3 is 5.97 Å². The van der Waals surface area contributed by atoms with Gasteiger partial charge in [-0.25, -0.2) is 9.97 Å². The first-order valence-corrected chi connectivity index (χ1v) is 8.28. The van der Waals surface area contributed by atoms with E-state index < -0.39 is 18.2 Å². The molecule has 0 radical (unpaired) electrons. The smallest absolute Gasteiger partial charge is 0.320 e. The van der Waals surface area contributed by atoms with E-state index in [1.165, 1.54) is 6.07 Å². The van der Waals surface area contributed by atoms with Gasteiger partial charge in [0, 0.05) is 19.7 Å². The lowest BCUT2D eigenvalue weighted by Crippen LogP contribution is -2.38. The fraction of sp³-hybridized carbons (Fsp3) is 0.667. The van der Waals surface area contributed by atoms with Gasteiger partial charge in [-0.15, -0.1) is 0 Å². The van der Waals surface area contributed by atoms with Crippen LogP contribution in [0.5, 0.6) is 0 Å². The first-order valence-electron chi connectivity index (χ1n) is 7.90. The fourth-order valence-corrected chi connectivity index (χ4v) is 2.56. The van der Waals surface area contributed by atoms with E-state index in [4.69, 9.17) is 25.8 Å². The zero-order valence-electron chi connectivity index (χ0n) is 13.8. The lowest BCUT2D eigenvalue weighted by Gasteiger charge is -2.28. The Hall–Kier alpha value is -1.48. The number of nitrogens with zero attached hydrogens (tertiary/aromatic N) is 3. The molecule has 2 heterocycles. The topological polar surface area (TPSA) is 94.0 Å². The number of hydrogen-bond acceptors (Lipinski definition) is 8. The molecule has 0 aliphatic carbocycles. The predicted octanol–water partition coefficient (Wildman–Crippen LogP) is 0.968. The van der Waals surface area contributed by atoms with Crippen LogP contribution in [0.2, 0.25) is 5.15 Å². The van der Waals surface area contributed by atoms with Crippen LogP contribution in [0.3, 0.4) is 0 Å². The highest BCUT2D eigenvalue weighted by Crippen LogP contribution is 2.25. The molecule has 134 valence electrons. The molecule has 0 saturated carbocycles. The van der Waals surface area contributed by atoms with Crippen LogP contribution in [0.15, 0.2) is 6.07 Å². The monoisotopic (exact) mass is 359 g/mol. The van der Waals surface area contributed by atoms with E-state index in [0.29, 0.717) is 32.3 Å². The van der Waals surface area contributed by atoms with Gasteiger partial charge in [-0.1, -0.05) is 11.6 Å². The largest absolute Gasteiger partial charge is 0.465 e. The van der Waals surface area contributed by atoms with E-state index in [9.17, 15) is 9.90 Å². The van der Waals surface area contributed by atoms with Gasteiger partial charge in [0.2, 0.25) is 5.95 Å². The molecule has 1 aromatic heterocycles. The second kappa shape index (κ2) is 9.12. The molecule has 1 aliphatic rings. The molecule has 2 unspecified atom stereocenters. The van der Waals surface area contributed by atoms with Crippen molar-refractivity contribution in [1.29, 1.82) is 0 Å². The molecule has 1 fully saturated rings. The number of rotatable bonds is 7. The Balaban J connectivity index is 2.33. The van der Waals surface area contributed by atoms with Crippen LogP contribution in [0.25, 0.3) is 0 Å². The molecule has 0 spiro atoms. The molecular weight excluding hydrogens is 338 g/mol. The average Bonchev–Trinajstić information content (AvgIpc) is 2.56. The highest BCUT2D eigenvalue weighted by Gasteiger charge is 2.33. The Kier molecular flexibility index (Phi) is 7.16. The van der Waals surface area contributed by atoms with E-state index in [2.05, 4.69) is 9.97 Å². The minimum atomic E-state index is -1.38. The maximum atomic E-state index is 12.3. The summed E-state index contributed by atoms with van der Waals surface area (Å²) in [5, 5.41) is 10.4. The number of aliphatic hydroxyl groups is 1. The van der Waals surface area contributed by atoms with Crippen molar-refractivity contribution < 1.29 is 24.1 Å². The summed E-state index contributed by atoms with van der Waals surface area (Å²) < 4.78 is 15.5. The number of anilines is 1. The number of carbonyl (C=O) groups is 1. The first kappa shape index (κ1) is 18.9. The van der Waals surface area contributed by atoms with Gasteiger partial charge in [0.05, 0.1) is 25.5 Å². The summed E-state index contributed by atoms with van der Waals surface area (Å²) in [6, 6.07) is 1.44. The molecular formula is C15H22ClN3O5. The quantitative estimate of drug-likeness (QED) is 0.437. The Bertz CT molecular complexity index is 554. The van der Waals surface area contributed by atoms with E-state index in [1.54, 1.807) is 13.8 Å². The Morgan fingerprint density at radius 2 is 2.08 bits per heavy atom. The van der Waals surface area contributed by atoms with Gasteiger partial charge in [0.15, 0.2) is 6.29 Å². The van der Waals surface area contributed by atoms with Gasteiger partial charge in [-0.3, -0.25) is 4.79 Å². The summed E-state index contributed by atoms with van der Waals surface area (Å²) in [6.07, 6.45) is -1.38. The molecule has 8 nitrogen and oxygen atoms in total. The Morgan fingerprint density at radius 1 is 1.38 bits per heavy atom. The summed E-state index contributed by atoms with van der Waals surface area (Å²) in [7, 11) is 0. The van der Waals surface area contributed by atoms with Crippen LogP contribution in [0.1, 0.15) is 25.5 Å². The van der Waals surface area contributed by atoms with Gasteiger partial charge in [-0.05, 0) is 19.9 Å². The third-order valence-electron chi connectivity index (χ3n) is 3.48. The summed E-state index contributed by atoms with van der Waals surface area (Å²) in [5.41, 5.74) is 0.260. The first-order chi connectivity index (χ1) is 11.6. The van der Waals surface area contributed by atoms with E-state index >= 15 is 0 Å². The number of aromatic nitrogens is 2. The molecule has 1 aromatic rings. The number of halogens is 1. The van der Waals surface area contributed by atoms with E-state index in [-0.39, 0.29) is 24.1 Å². The number of carbonyl (C=O) groups excluding carboxylic acids is 1. The fourth-order valence-electron chi connectivity index (χ4n) is 2.37. The molecule has 24 heavy (non-hydrogen) atoms. The molecule has 1 aliphatic heterocycles. The number of hydrogen-bond donors (Lipinski definition) is 1. The lowest BCUT2D eigenvalue weighted by atomic mass is 10.0. The summed E-state index contributed by atoms with van der Waals surface area (Å²) in [6.45, 7) is 6.21. The van der Waals surface area contributed by atoms with E-state index in [1.807, 2.05) is 4.90 Å². The minimum Gasteiger partial charge on any atom is -0.465 e. The third-order valence-corrected chi connectivity index (χ3v) is 3.67. The van der Waals surface area contributed by atoms with Crippen molar-refractivity contribution in [2.24, 2.45) is 0 Å². The molecule has 2 rings (SSSR count). The van der Waals surface area contributed by atoms with Crippen LogP contribution < -0.4 is 4.90 Å². The second-order valence-corrected chi connectivity index (χ2v) is 5.48. The van der Waals surface area contributed by atoms with Gasteiger partial charge < -0.3 is 24.2 Å². The normalized spacial score (nSPS) is 17.4. The SMILES string of the molecule is CCOC(=O)C(c1cc(Cl)nc(N2CCOCC2)n1)C(O)OCC. The van der Waals surface area contributed by atoms with Gasteiger partial charge in [0.1, 0.15) is 11.1 Å². The van der Waals surface area contributed by atoms with Crippen LogP contribution in [0, 0.1) is 0 Å². The van der Waals surface area contributed by atoms with Crippen molar-refractivity contribution in [3.8, 4) is 0 Å². The predicted molar refractivity (Wildman–Crippen MR) is 87.1 cm³/mol. The Morgan fingerprint density at radius 3 is 2.71 bits per heavy atom. The van der Waals surface area contributed by atoms with Crippen LogP contribution in [-0.4, -0.2) is 66.9 Å². The van der Waals surface area contributed by atoms with Crippen LogP contribution in [-0.2, 0) is 19.0 Å². The number of ether oxygens (including phenoxy) is 3. The van der Waals surface area contributed by atoms with E-state index in [0.717, 1.165) is 0 Å². The number of esters is 1. The lowest BCUT2D eigenvalue weighted by molar-refractivity contribution is -0.163. The Labute approximate surface area is 145 Å². The molecule has 0 bridgehead atoms. The van der Waals surface area contributed by atoms with Crippen LogP contribution in [0.4, 0.5) is 5.95 Å². The van der Waals surface area contributed by atoms with Crippen molar-refractivity contribution in [3.05, 3.63) is 16.9 Å². The number of aliphatic hydroxyl groups excluding tert-OH is 1. The highest BCUT2D eigenvalue weighted by atomic mass is 35.5. The zero-order chi connectivity index (χ0) is 17.5. The molecule has 1 saturated heterocycles. The molecule has 2 atom stereocenters. The summed E-state index contributed by atoms with van der Waals surface area (Å²) in [5.74, 6) is -1.33. The van der Waals surface area contributed by atoms with Gasteiger partial charge in [-0.2, -0.15) is 0 Å². The molecule has 1 N–H and O–H groups in total. The summed E-state index contributed by atoms with van der Waals surface area (Å²) >= 11 is 6.09. The highest BCUT2D eigenvalue weighted by molar-refractivity contribution is 6.29. The molecule has 9 heteroatoms. The maximum absolute atomic E-state index is 12.3. The van der Waals surface area contributed by atoms with Crippen molar-refractivity contribution in [2.75, 3.05) is 44.4 Å². The van der Waals surface area contributed by atoms with Gasteiger partial charge in [0.25, 0.3) is 0 Å². The van der Waals surface area contributed by atoms with Crippen molar-refractivity contribution in [1.82, 2.24) is 9.97 Å². The maximum Gasteiger partial charge on any atom is 0.320 e. The van der Waals surface area contributed by atoms with Crippen molar-refractivity contribution in [2.45, 2.75) is 26.1 Å². The zero-order valence-corrected chi connectivity index (χ0v) is 14.5. The standard InChI is InChI=1S/C15H22ClN3O5/c1-3-23-13(20)12(14(21)24-4-2)10-9-11(16)18-15(17-10)19-5-7-22-8-6-19/h9,12-13,20H,3-8H2,1-2H3. The van der Waals surface area contributed by atoms with Crippen LogP contribution >= 0.6 is 11.6 Å². The molecule has 0 amide bonds. The van der Waals surface area contributed by atoms with Crippen molar-refractivity contribution in [3.63, 3.8) is 0 Å². The van der Waals surface area contributed by atoms with Crippen molar-refractivity contribution >= 4 is 23.5 Å². The minimum absolute atomic E-state index is 0.180. The third kappa shape index (κ3) is 4.76. The summed E-state index contributed by atoms with van der Waals surface area (Å²) in [4.78, 5) is 22.8.